The number of benzene rings is 2. The highest BCUT2D eigenvalue weighted by Gasteiger charge is 2.27. The molecule has 35 heavy (non-hydrogen) atoms. The number of hydrogen-bond acceptors (Lipinski definition) is 8. The highest BCUT2D eigenvalue weighted by atomic mass is 35.5. The lowest BCUT2D eigenvalue weighted by Gasteiger charge is -2.18. The van der Waals surface area contributed by atoms with Crippen LogP contribution in [0.15, 0.2) is 34.5 Å². The molecule has 0 aliphatic rings. The zero-order valence-corrected chi connectivity index (χ0v) is 21.8. The Labute approximate surface area is 214 Å². The summed E-state index contributed by atoms with van der Waals surface area (Å²) < 4.78 is 22.5. The molecule has 9 nitrogen and oxygen atoms in total. The predicted molar refractivity (Wildman–Crippen MR) is 135 cm³/mol. The quantitative estimate of drug-likeness (QED) is 0.244. The average molecular weight is 526 g/mol. The number of hydrogen-bond donors (Lipinski definition) is 1. The van der Waals surface area contributed by atoms with Crippen molar-refractivity contribution in [3.05, 3.63) is 34.3 Å². The van der Waals surface area contributed by atoms with Crippen LogP contribution in [0.4, 0.5) is 11.4 Å². The van der Waals surface area contributed by atoms with Gasteiger partial charge in [-0.3, -0.25) is 9.59 Å². The van der Waals surface area contributed by atoms with Gasteiger partial charge in [-0.1, -0.05) is 23.2 Å². The van der Waals surface area contributed by atoms with Gasteiger partial charge in [-0.2, -0.15) is 5.11 Å². The molecule has 0 fully saturated rings. The SMILES string of the molecule is CCOc1ccc(Cl)c(N=NC(C(C)=O)C(=O)Nc2c(Cl)ccc(OCC)c2OCC)c1OCC. The molecule has 11 heteroatoms. The van der Waals surface area contributed by atoms with E-state index in [1.54, 1.807) is 38.1 Å². The summed E-state index contributed by atoms with van der Waals surface area (Å²) in [6, 6.07) is 4.92. The van der Waals surface area contributed by atoms with E-state index < -0.39 is 17.7 Å². The number of amides is 1. The zero-order valence-electron chi connectivity index (χ0n) is 20.3. The van der Waals surface area contributed by atoms with Crippen molar-refractivity contribution >= 4 is 46.3 Å². The fourth-order valence-electron chi connectivity index (χ4n) is 3.01. The van der Waals surface area contributed by atoms with Crippen LogP contribution >= 0.6 is 23.2 Å². The number of anilines is 1. The molecule has 0 spiro atoms. The minimum Gasteiger partial charge on any atom is -0.490 e. The van der Waals surface area contributed by atoms with Gasteiger partial charge < -0.3 is 24.3 Å². The van der Waals surface area contributed by atoms with Crippen molar-refractivity contribution in [1.29, 1.82) is 0 Å². The summed E-state index contributed by atoms with van der Waals surface area (Å²) in [5.74, 6) is 0.0254. The summed E-state index contributed by atoms with van der Waals surface area (Å²) in [6.07, 6.45) is 0. The Morgan fingerprint density at radius 3 is 1.89 bits per heavy atom. The van der Waals surface area contributed by atoms with Crippen molar-refractivity contribution in [2.75, 3.05) is 31.7 Å². The number of carbonyl (C=O) groups excluding carboxylic acids is 2. The lowest BCUT2D eigenvalue weighted by Crippen LogP contribution is -2.32. The molecule has 0 saturated heterocycles. The number of Topliss-reactive ketones (excluding diaryl/α,β-unsaturated/α-hetero) is 1. The normalized spacial score (nSPS) is 11.7. The third-order valence-corrected chi connectivity index (χ3v) is 5.07. The number of ether oxygens (including phenoxy) is 4. The van der Waals surface area contributed by atoms with E-state index in [0.717, 1.165) is 0 Å². The minimum atomic E-state index is -1.49. The van der Waals surface area contributed by atoms with E-state index in [9.17, 15) is 9.59 Å². The number of azo groups is 1. The summed E-state index contributed by atoms with van der Waals surface area (Å²) in [4.78, 5) is 25.4. The monoisotopic (exact) mass is 525 g/mol. The number of ketones is 1. The molecule has 1 amide bonds. The Hall–Kier alpha value is -3.04. The molecule has 0 bridgehead atoms. The Kier molecular flexibility index (Phi) is 11.1. The Morgan fingerprint density at radius 1 is 0.829 bits per heavy atom. The van der Waals surface area contributed by atoms with E-state index in [1.807, 2.05) is 13.8 Å². The molecular formula is C24H29Cl2N3O6. The van der Waals surface area contributed by atoms with Gasteiger partial charge in [0.05, 0.1) is 36.5 Å². The van der Waals surface area contributed by atoms with Gasteiger partial charge in [0.15, 0.2) is 28.8 Å². The third-order valence-electron chi connectivity index (χ3n) is 4.45. The molecule has 0 radical (unpaired) electrons. The molecule has 1 N–H and O–H groups in total. The van der Waals surface area contributed by atoms with Crippen LogP contribution in [-0.4, -0.2) is 44.2 Å². The van der Waals surface area contributed by atoms with E-state index in [2.05, 4.69) is 15.5 Å². The fraction of sp³-hybridized carbons (Fsp3) is 0.417. The highest BCUT2D eigenvalue weighted by Crippen LogP contribution is 2.44. The van der Waals surface area contributed by atoms with E-state index in [-0.39, 0.29) is 32.9 Å². The van der Waals surface area contributed by atoms with Gasteiger partial charge >= 0.3 is 0 Å². The summed E-state index contributed by atoms with van der Waals surface area (Å²) in [5, 5.41) is 11.1. The first-order valence-electron chi connectivity index (χ1n) is 11.2. The van der Waals surface area contributed by atoms with E-state index in [1.165, 1.54) is 6.92 Å². The lowest BCUT2D eigenvalue weighted by molar-refractivity contribution is -0.126. The van der Waals surface area contributed by atoms with Gasteiger partial charge in [-0.25, -0.2) is 0 Å². The molecule has 1 atom stereocenters. The second-order valence-corrected chi connectivity index (χ2v) is 7.74. The summed E-state index contributed by atoms with van der Waals surface area (Å²) in [5.41, 5.74) is 0.308. The number of halogens is 2. The minimum absolute atomic E-state index is 0.143. The highest BCUT2D eigenvalue weighted by molar-refractivity contribution is 6.34. The first-order valence-corrected chi connectivity index (χ1v) is 11.9. The van der Waals surface area contributed by atoms with Crippen LogP contribution in [0.3, 0.4) is 0 Å². The van der Waals surface area contributed by atoms with Gasteiger partial charge in [-0.15, -0.1) is 5.11 Å². The molecule has 0 heterocycles. The average Bonchev–Trinajstić information content (AvgIpc) is 2.81. The van der Waals surface area contributed by atoms with Crippen molar-refractivity contribution in [2.45, 2.75) is 40.7 Å². The van der Waals surface area contributed by atoms with E-state index in [0.29, 0.717) is 37.9 Å². The van der Waals surface area contributed by atoms with Gasteiger partial charge in [0, 0.05) is 0 Å². The molecule has 2 aromatic rings. The summed E-state index contributed by atoms with van der Waals surface area (Å²) >= 11 is 12.6. The first kappa shape index (κ1) is 28.2. The molecule has 190 valence electrons. The molecule has 0 aliphatic heterocycles. The largest absolute Gasteiger partial charge is 0.490 e. The predicted octanol–water partition coefficient (Wildman–Crippen LogP) is 6.27. The number of nitrogens with zero attached hydrogens (tertiary/aromatic N) is 2. The third kappa shape index (κ3) is 7.22. The topological polar surface area (TPSA) is 108 Å². The fourth-order valence-corrected chi connectivity index (χ4v) is 3.40. The van der Waals surface area contributed by atoms with E-state index in [4.69, 9.17) is 42.1 Å². The van der Waals surface area contributed by atoms with Gasteiger partial charge in [0.1, 0.15) is 11.4 Å². The van der Waals surface area contributed by atoms with Crippen molar-refractivity contribution in [3.8, 4) is 23.0 Å². The first-order chi connectivity index (χ1) is 16.8. The Balaban J connectivity index is 2.44. The maximum Gasteiger partial charge on any atom is 0.258 e. The number of carbonyl (C=O) groups is 2. The maximum atomic E-state index is 13.1. The van der Waals surface area contributed by atoms with Crippen LogP contribution in [0.1, 0.15) is 34.6 Å². The second-order valence-electron chi connectivity index (χ2n) is 6.92. The molecular weight excluding hydrogens is 497 g/mol. The second kappa shape index (κ2) is 13.7. The van der Waals surface area contributed by atoms with E-state index >= 15 is 0 Å². The van der Waals surface area contributed by atoms with Crippen molar-refractivity contribution in [2.24, 2.45) is 10.2 Å². The maximum absolute atomic E-state index is 13.1. The van der Waals surface area contributed by atoms with Crippen LogP contribution in [0.25, 0.3) is 0 Å². The smallest absolute Gasteiger partial charge is 0.258 e. The van der Waals surface area contributed by atoms with Crippen LogP contribution < -0.4 is 24.3 Å². The molecule has 2 rings (SSSR count). The molecule has 0 aliphatic carbocycles. The standard InChI is InChI=1S/C24H29Cl2N3O6/c1-6-32-17-12-10-15(25)20(22(17)34-8-3)27-24(31)19(14(5)30)28-29-21-16(26)11-13-18(33-7-2)23(21)35-9-4/h10-13,19H,6-9H2,1-5H3,(H,27,31). The Morgan fingerprint density at radius 2 is 1.34 bits per heavy atom. The van der Waals surface area contributed by atoms with Gasteiger partial charge in [0.2, 0.25) is 6.04 Å². The zero-order chi connectivity index (χ0) is 26.0. The lowest BCUT2D eigenvalue weighted by atomic mass is 10.2. The number of rotatable bonds is 13. The van der Waals surface area contributed by atoms with Crippen molar-refractivity contribution in [1.82, 2.24) is 0 Å². The van der Waals surface area contributed by atoms with Crippen LogP contribution in [-0.2, 0) is 9.59 Å². The molecule has 2 aromatic carbocycles. The van der Waals surface area contributed by atoms with Crippen molar-refractivity contribution < 1.29 is 28.5 Å². The summed E-state index contributed by atoms with van der Waals surface area (Å²) in [7, 11) is 0. The van der Waals surface area contributed by atoms with Crippen LogP contribution in [0, 0.1) is 0 Å². The summed E-state index contributed by atoms with van der Waals surface area (Å²) in [6.45, 7) is 9.82. The Bertz CT molecular complexity index is 1080. The molecule has 1 unspecified atom stereocenters. The van der Waals surface area contributed by atoms with Crippen LogP contribution in [0.2, 0.25) is 10.0 Å². The van der Waals surface area contributed by atoms with Gasteiger partial charge in [-0.05, 0) is 58.9 Å². The molecule has 0 aromatic heterocycles. The van der Waals surface area contributed by atoms with Gasteiger partial charge in [0.25, 0.3) is 5.91 Å². The molecule has 0 saturated carbocycles. The van der Waals surface area contributed by atoms with Crippen molar-refractivity contribution in [3.63, 3.8) is 0 Å². The number of nitrogens with one attached hydrogen (secondary N) is 1. The van der Waals surface area contributed by atoms with Crippen LogP contribution in [0.5, 0.6) is 23.0 Å².